The fourth-order valence-electron chi connectivity index (χ4n) is 1.65. The van der Waals surface area contributed by atoms with E-state index in [4.69, 9.17) is 10.5 Å². The van der Waals surface area contributed by atoms with E-state index in [1.54, 1.807) is 0 Å². The summed E-state index contributed by atoms with van der Waals surface area (Å²) in [5.41, 5.74) is 7.82. The Kier molecular flexibility index (Phi) is 5.29. The van der Waals surface area contributed by atoms with Crippen LogP contribution in [-0.4, -0.2) is 24.4 Å². The summed E-state index contributed by atoms with van der Waals surface area (Å²) < 4.78 is 5.42. The Morgan fingerprint density at radius 2 is 2.19 bits per heavy atom. The van der Waals surface area contributed by atoms with Gasteiger partial charge in [-0.1, -0.05) is 6.07 Å². The first-order chi connectivity index (χ1) is 7.67. The van der Waals surface area contributed by atoms with Gasteiger partial charge in [-0.25, -0.2) is 0 Å². The third kappa shape index (κ3) is 3.83. The average molecular weight is 223 g/mol. The minimum absolute atomic E-state index is 0.329. The number of rotatable bonds is 6. The highest BCUT2D eigenvalue weighted by atomic mass is 16.5. The van der Waals surface area contributed by atoms with E-state index in [-0.39, 0.29) is 0 Å². The topological polar surface area (TPSA) is 55.5 Å². The lowest BCUT2D eigenvalue weighted by Crippen LogP contribution is -2.20. The lowest BCUT2D eigenvalue weighted by Gasteiger charge is -2.11. The number of benzene rings is 1. The molecular weight excluding hydrogens is 202 g/mol. The monoisotopic (exact) mass is 223 g/mol. The van der Waals surface area contributed by atoms with Crippen molar-refractivity contribution < 1.29 is 9.84 Å². The molecule has 0 aliphatic heterocycles. The van der Waals surface area contributed by atoms with Crippen molar-refractivity contribution in [3.05, 3.63) is 29.3 Å². The molecule has 0 aliphatic carbocycles. The molecule has 0 saturated heterocycles. The highest BCUT2D eigenvalue weighted by Crippen LogP contribution is 2.18. The van der Waals surface area contributed by atoms with Crippen molar-refractivity contribution in [1.82, 2.24) is 0 Å². The number of hydrogen-bond donors (Lipinski definition) is 2. The van der Waals surface area contributed by atoms with Crippen LogP contribution >= 0.6 is 0 Å². The van der Waals surface area contributed by atoms with Crippen LogP contribution in [0.3, 0.4) is 0 Å². The first kappa shape index (κ1) is 13.0. The molecule has 0 bridgehead atoms. The normalized spacial score (nSPS) is 12.5. The van der Waals surface area contributed by atoms with Gasteiger partial charge < -0.3 is 15.6 Å². The van der Waals surface area contributed by atoms with Crippen molar-refractivity contribution in [2.24, 2.45) is 5.73 Å². The van der Waals surface area contributed by atoms with Crippen molar-refractivity contribution in [2.75, 3.05) is 13.2 Å². The SMILES string of the molecule is CCOc1ccc(CCC(O)CN)c(C)c1. The maximum absolute atomic E-state index is 9.40. The van der Waals surface area contributed by atoms with Crippen molar-refractivity contribution in [1.29, 1.82) is 0 Å². The molecule has 1 atom stereocenters. The van der Waals surface area contributed by atoms with Crippen LogP contribution < -0.4 is 10.5 Å². The van der Waals surface area contributed by atoms with Gasteiger partial charge in [0.05, 0.1) is 12.7 Å². The van der Waals surface area contributed by atoms with E-state index >= 15 is 0 Å². The first-order valence-corrected chi connectivity index (χ1v) is 5.77. The molecule has 3 heteroatoms. The lowest BCUT2D eigenvalue weighted by atomic mass is 10.0. The second-order valence-electron chi connectivity index (χ2n) is 3.95. The van der Waals surface area contributed by atoms with Crippen LogP contribution in [0, 0.1) is 6.92 Å². The quantitative estimate of drug-likeness (QED) is 0.771. The van der Waals surface area contributed by atoms with Crippen LogP contribution in [-0.2, 0) is 6.42 Å². The first-order valence-electron chi connectivity index (χ1n) is 5.77. The summed E-state index contributed by atoms with van der Waals surface area (Å²) in [6.45, 7) is 5.05. The Balaban J connectivity index is 2.60. The number of hydrogen-bond acceptors (Lipinski definition) is 3. The standard InChI is InChI=1S/C13H21NO2/c1-3-16-13-7-5-11(10(2)8-13)4-6-12(15)9-14/h5,7-8,12,15H,3-4,6,9,14H2,1-2H3. The van der Waals surface area contributed by atoms with E-state index in [1.165, 1.54) is 11.1 Å². The molecule has 16 heavy (non-hydrogen) atoms. The van der Waals surface area contributed by atoms with Crippen LogP contribution in [0.25, 0.3) is 0 Å². The summed E-state index contributed by atoms with van der Waals surface area (Å²) in [7, 11) is 0. The number of aliphatic hydroxyl groups is 1. The molecule has 3 nitrogen and oxygen atoms in total. The fourth-order valence-corrected chi connectivity index (χ4v) is 1.65. The van der Waals surface area contributed by atoms with E-state index < -0.39 is 6.10 Å². The lowest BCUT2D eigenvalue weighted by molar-refractivity contribution is 0.173. The number of aliphatic hydroxyl groups excluding tert-OH is 1. The van der Waals surface area contributed by atoms with E-state index in [0.29, 0.717) is 19.6 Å². The van der Waals surface area contributed by atoms with E-state index in [2.05, 4.69) is 13.0 Å². The highest BCUT2D eigenvalue weighted by Gasteiger charge is 2.05. The molecule has 0 amide bonds. The van der Waals surface area contributed by atoms with Gasteiger partial charge in [0.25, 0.3) is 0 Å². The second-order valence-corrected chi connectivity index (χ2v) is 3.95. The zero-order valence-corrected chi connectivity index (χ0v) is 10.1. The second kappa shape index (κ2) is 6.51. The predicted octanol–water partition coefficient (Wildman–Crippen LogP) is 1.65. The average Bonchev–Trinajstić information content (AvgIpc) is 2.28. The van der Waals surface area contributed by atoms with Crippen LogP contribution in [0.1, 0.15) is 24.5 Å². The third-order valence-electron chi connectivity index (χ3n) is 2.64. The van der Waals surface area contributed by atoms with Gasteiger partial charge in [0.15, 0.2) is 0 Å². The summed E-state index contributed by atoms with van der Waals surface area (Å²) >= 11 is 0. The van der Waals surface area contributed by atoms with Crippen LogP contribution in [0.2, 0.25) is 0 Å². The molecule has 1 rings (SSSR count). The molecule has 0 fully saturated rings. The highest BCUT2D eigenvalue weighted by molar-refractivity contribution is 5.34. The largest absolute Gasteiger partial charge is 0.494 e. The molecule has 1 unspecified atom stereocenters. The van der Waals surface area contributed by atoms with E-state index in [9.17, 15) is 5.11 Å². The maximum atomic E-state index is 9.40. The number of nitrogens with two attached hydrogens (primary N) is 1. The summed E-state index contributed by atoms with van der Waals surface area (Å²) in [4.78, 5) is 0. The minimum Gasteiger partial charge on any atom is -0.494 e. The zero-order valence-electron chi connectivity index (χ0n) is 10.1. The predicted molar refractivity (Wildman–Crippen MR) is 65.7 cm³/mol. The summed E-state index contributed by atoms with van der Waals surface area (Å²) in [5, 5.41) is 9.40. The molecule has 0 heterocycles. The number of aryl methyl sites for hydroxylation is 2. The summed E-state index contributed by atoms with van der Waals surface area (Å²) in [5.74, 6) is 0.906. The Morgan fingerprint density at radius 3 is 2.75 bits per heavy atom. The van der Waals surface area contributed by atoms with Gasteiger partial charge in [-0.2, -0.15) is 0 Å². The van der Waals surface area contributed by atoms with Crippen molar-refractivity contribution in [2.45, 2.75) is 32.8 Å². The summed E-state index contributed by atoms with van der Waals surface area (Å²) in [6, 6.07) is 6.07. The minimum atomic E-state index is -0.397. The molecule has 0 spiro atoms. The van der Waals surface area contributed by atoms with Crippen LogP contribution in [0.4, 0.5) is 0 Å². The van der Waals surface area contributed by atoms with Gasteiger partial charge >= 0.3 is 0 Å². The van der Waals surface area contributed by atoms with Gasteiger partial charge in [0.1, 0.15) is 5.75 Å². The van der Waals surface area contributed by atoms with E-state index in [0.717, 1.165) is 12.2 Å². The van der Waals surface area contributed by atoms with Gasteiger partial charge in [-0.3, -0.25) is 0 Å². The Hall–Kier alpha value is -1.06. The van der Waals surface area contributed by atoms with Gasteiger partial charge in [-0.05, 0) is 49.9 Å². The molecular formula is C13H21NO2. The van der Waals surface area contributed by atoms with Gasteiger partial charge in [0, 0.05) is 6.54 Å². The third-order valence-corrected chi connectivity index (χ3v) is 2.64. The van der Waals surface area contributed by atoms with Gasteiger partial charge in [-0.15, -0.1) is 0 Å². The smallest absolute Gasteiger partial charge is 0.119 e. The molecule has 0 radical (unpaired) electrons. The van der Waals surface area contributed by atoms with Crippen molar-refractivity contribution in [3.63, 3.8) is 0 Å². The molecule has 1 aromatic rings. The van der Waals surface area contributed by atoms with Crippen molar-refractivity contribution in [3.8, 4) is 5.75 Å². The molecule has 0 saturated carbocycles. The maximum Gasteiger partial charge on any atom is 0.119 e. The molecule has 0 aliphatic rings. The molecule has 90 valence electrons. The van der Waals surface area contributed by atoms with Crippen molar-refractivity contribution >= 4 is 0 Å². The van der Waals surface area contributed by atoms with E-state index in [1.807, 2.05) is 19.1 Å². The number of ether oxygens (including phenoxy) is 1. The summed E-state index contributed by atoms with van der Waals surface area (Å²) in [6.07, 6.45) is 1.17. The van der Waals surface area contributed by atoms with Crippen LogP contribution in [0.15, 0.2) is 18.2 Å². The molecule has 1 aromatic carbocycles. The van der Waals surface area contributed by atoms with Crippen LogP contribution in [0.5, 0.6) is 5.75 Å². The Morgan fingerprint density at radius 1 is 1.44 bits per heavy atom. The molecule has 0 aromatic heterocycles. The Labute approximate surface area is 97.2 Å². The Bertz CT molecular complexity index is 326. The zero-order chi connectivity index (χ0) is 12.0. The fraction of sp³-hybridized carbons (Fsp3) is 0.538. The van der Waals surface area contributed by atoms with Gasteiger partial charge in [0.2, 0.25) is 0 Å². The molecule has 3 N–H and O–H groups in total.